The molecule has 0 saturated heterocycles. The van der Waals surface area contributed by atoms with E-state index in [9.17, 15) is 15.0 Å². The molecule has 0 fully saturated rings. The van der Waals surface area contributed by atoms with Crippen LogP contribution < -0.4 is 0 Å². The van der Waals surface area contributed by atoms with Crippen molar-refractivity contribution in [1.29, 1.82) is 0 Å². The van der Waals surface area contributed by atoms with Crippen molar-refractivity contribution >= 4 is 5.97 Å². The average Bonchev–Trinajstić information content (AvgIpc) is 2.74. The molecule has 0 aromatic rings. The van der Waals surface area contributed by atoms with Crippen LogP contribution >= 0.6 is 0 Å². The van der Waals surface area contributed by atoms with Gasteiger partial charge in [0.15, 0.2) is 0 Å². The van der Waals surface area contributed by atoms with E-state index in [-0.39, 0.29) is 25.8 Å². The van der Waals surface area contributed by atoms with E-state index in [4.69, 9.17) is 20.1 Å². The summed E-state index contributed by atoms with van der Waals surface area (Å²) in [4.78, 5) is 11.1. The van der Waals surface area contributed by atoms with Gasteiger partial charge in [-0.2, -0.15) is 0 Å². The van der Waals surface area contributed by atoms with Crippen LogP contribution in [0.5, 0.6) is 0 Å². The average molecular weight is 423 g/mol. The van der Waals surface area contributed by atoms with E-state index in [0.29, 0.717) is 19.3 Å². The molecule has 3 atom stereocenters. The first kappa shape index (κ1) is 30.5. The SMILES string of the molecule is CCCCCCC(O)(CC)C(O)CO.CCCCCCCC(=O)OCC(O)CO. The number of ether oxygens (including phenoxy) is 1. The summed E-state index contributed by atoms with van der Waals surface area (Å²) in [6.45, 7) is 5.27. The van der Waals surface area contributed by atoms with Crippen molar-refractivity contribution in [3.63, 3.8) is 0 Å². The molecule has 0 aromatic carbocycles. The second-order valence-electron chi connectivity index (χ2n) is 7.65. The first-order valence-corrected chi connectivity index (χ1v) is 11.3. The maximum absolute atomic E-state index is 11.1. The summed E-state index contributed by atoms with van der Waals surface area (Å²) in [7, 11) is 0. The number of carbonyl (C=O) groups is 1. The molecule has 29 heavy (non-hydrogen) atoms. The molecule has 0 radical (unpaired) electrons. The molecule has 5 N–H and O–H groups in total. The fourth-order valence-electron chi connectivity index (χ4n) is 2.79. The molecular formula is C22H46O7. The summed E-state index contributed by atoms with van der Waals surface area (Å²) in [5, 5.41) is 45.6. The lowest BCUT2D eigenvalue weighted by molar-refractivity contribution is -0.147. The zero-order chi connectivity index (χ0) is 22.5. The summed E-state index contributed by atoms with van der Waals surface area (Å²) >= 11 is 0. The van der Waals surface area contributed by atoms with Gasteiger partial charge in [0.2, 0.25) is 0 Å². The molecule has 0 bridgehead atoms. The Labute approximate surface area is 177 Å². The number of hydrogen-bond acceptors (Lipinski definition) is 7. The number of unbranched alkanes of at least 4 members (excludes halogenated alkanes) is 7. The number of aliphatic hydroxyl groups is 5. The molecule has 0 spiro atoms. The molecule has 0 rings (SSSR count). The second-order valence-corrected chi connectivity index (χ2v) is 7.65. The lowest BCUT2D eigenvalue weighted by Crippen LogP contribution is -2.43. The highest BCUT2D eigenvalue weighted by Gasteiger charge is 2.32. The molecule has 176 valence electrons. The standard InChI is InChI=1S/C11H22O4.C11H24O3/c1-2-3-4-5-6-7-11(14)15-9-10(13)8-12;1-3-5-6-7-8-11(14,4-2)10(13)9-12/h10,12-13H,2-9H2,1H3;10,12-14H,3-9H2,1-2H3. The van der Waals surface area contributed by atoms with Crippen molar-refractivity contribution in [3.05, 3.63) is 0 Å². The van der Waals surface area contributed by atoms with Gasteiger partial charge in [-0.15, -0.1) is 0 Å². The van der Waals surface area contributed by atoms with Crippen molar-refractivity contribution in [2.45, 2.75) is 116 Å². The van der Waals surface area contributed by atoms with Crippen LogP contribution in [-0.4, -0.2) is 69.1 Å². The second kappa shape index (κ2) is 20.5. The first-order chi connectivity index (χ1) is 13.8. The highest BCUT2D eigenvalue weighted by Crippen LogP contribution is 2.23. The summed E-state index contributed by atoms with van der Waals surface area (Å²) < 4.78 is 4.75. The Morgan fingerprint density at radius 3 is 1.90 bits per heavy atom. The van der Waals surface area contributed by atoms with Crippen molar-refractivity contribution in [1.82, 2.24) is 0 Å². The fraction of sp³-hybridized carbons (Fsp3) is 0.955. The van der Waals surface area contributed by atoms with E-state index in [1.54, 1.807) is 0 Å². The van der Waals surface area contributed by atoms with Gasteiger partial charge in [0, 0.05) is 6.42 Å². The molecule has 0 saturated carbocycles. The van der Waals surface area contributed by atoms with E-state index in [2.05, 4.69) is 13.8 Å². The van der Waals surface area contributed by atoms with E-state index in [1.165, 1.54) is 12.8 Å². The van der Waals surface area contributed by atoms with Gasteiger partial charge >= 0.3 is 5.97 Å². The lowest BCUT2D eigenvalue weighted by atomic mass is 9.88. The number of rotatable bonds is 17. The molecule has 0 heterocycles. The number of hydrogen-bond donors (Lipinski definition) is 5. The molecule has 0 aliphatic carbocycles. The van der Waals surface area contributed by atoms with E-state index >= 15 is 0 Å². The minimum absolute atomic E-state index is 0.107. The summed E-state index contributed by atoms with van der Waals surface area (Å²) in [6.07, 6.45) is 9.26. The molecule has 0 aliphatic heterocycles. The minimum Gasteiger partial charge on any atom is -0.463 e. The van der Waals surface area contributed by atoms with Crippen molar-refractivity contribution in [3.8, 4) is 0 Å². The largest absolute Gasteiger partial charge is 0.463 e. The molecule has 0 amide bonds. The van der Waals surface area contributed by atoms with Crippen molar-refractivity contribution in [2.24, 2.45) is 0 Å². The highest BCUT2D eigenvalue weighted by molar-refractivity contribution is 5.69. The number of carbonyl (C=O) groups excluding carboxylic acids is 1. The van der Waals surface area contributed by atoms with Gasteiger partial charge in [-0.05, 0) is 19.3 Å². The summed E-state index contributed by atoms with van der Waals surface area (Å²) in [5.41, 5.74) is -1.09. The van der Waals surface area contributed by atoms with Crippen LogP contribution in [-0.2, 0) is 9.53 Å². The monoisotopic (exact) mass is 422 g/mol. The van der Waals surface area contributed by atoms with Gasteiger partial charge in [0.05, 0.1) is 18.8 Å². The molecule has 7 heteroatoms. The zero-order valence-corrected chi connectivity index (χ0v) is 18.8. The third-order valence-electron chi connectivity index (χ3n) is 5.00. The van der Waals surface area contributed by atoms with Crippen LogP contribution in [0.2, 0.25) is 0 Å². The maximum Gasteiger partial charge on any atom is 0.305 e. The van der Waals surface area contributed by atoms with Gasteiger partial charge in [-0.25, -0.2) is 0 Å². The van der Waals surface area contributed by atoms with Gasteiger partial charge in [-0.1, -0.05) is 72.1 Å². The van der Waals surface area contributed by atoms with E-state index in [0.717, 1.165) is 44.9 Å². The van der Waals surface area contributed by atoms with Gasteiger partial charge < -0.3 is 30.3 Å². The smallest absolute Gasteiger partial charge is 0.305 e. The van der Waals surface area contributed by atoms with Crippen molar-refractivity contribution in [2.75, 3.05) is 19.8 Å². The Kier molecular flexibility index (Phi) is 21.6. The van der Waals surface area contributed by atoms with Crippen LogP contribution in [0.1, 0.15) is 97.8 Å². The lowest BCUT2D eigenvalue weighted by Gasteiger charge is -2.31. The Morgan fingerprint density at radius 2 is 1.41 bits per heavy atom. The van der Waals surface area contributed by atoms with Crippen LogP contribution in [0.25, 0.3) is 0 Å². The first-order valence-electron chi connectivity index (χ1n) is 11.3. The Morgan fingerprint density at radius 1 is 0.862 bits per heavy atom. The minimum atomic E-state index is -1.09. The third-order valence-corrected chi connectivity index (χ3v) is 5.00. The molecule has 0 aliphatic rings. The third kappa shape index (κ3) is 17.8. The normalized spacial score (nSPS) is 15.0. The summed E-state index contributed by atoms with van der Waals surface area (Å²) in [6, 6.07) is 0. The fourth-order valence-corrected chi connectivity index (χ4v) is 2.79. The zero-order valence-electron chi connectivity index (χ0n) is 18.8. The molecule has 0 aromatic heterocycles. The Balaban J connectivity index is 0. The topological polar surface area (TPSA) is 127 Å². The predicted molar refractivity (Wildman–Crippen MR) is 115 cm³/mol. The molecular weight excluding hydrogens is 376 g/mol. The number of aliphatic hydroxyl groups excluding tert-OH is 4. The number of esters is 1. The predicted octanol–water partition coefficient (Wildman–Crippen LogP) is 2.69. The molecule has 7 nitrogen and oxygen atoms in total. The van der Waals surface area contributed by atoms with E-state index < -0.39 is 17.8 Å². The van der Waals surface area contributed by atoms with Crippen molar-refractivity contribution < 1.29 is 35.1 Å². The highest BCUT2D eigenvalue weighted by atomic mass is 16.5. The summed E-state index contributed by atoms with van der Waals surface area (Å²) in [5.74, 6) is -0.293. The van der Waals surface area contributed by atoms with Crippen LogP contribution in [0.3, 0.4) is 0 Å². The van der Waals surface area contributed by atoms with Crippen LogP contribution in [0, 0.1) is 0 Å². The van der Waals surface area contributed by atoms with Gasteiger partial charge in [0.1, 0.15) is 18.8 Å². The van der Waals surface area contributed by atoms with Gasteiger partial charge in [0.25, 0.3) is 0 Å². The quantitative estimate of drug-likeness (QED) is 0.180. The maximum atomic E-state index is 11.1. The Hall–Kier alpha value is -0.730. The van der Waals surface area contributed by atoms with Crippen LogP contribution in [0.15, 0.2) is 0 Å². The van der Waals surface area contributed by atoms with Gasteiger partial charge in [-0.3, -0.25) is 4.79 Å². The van der Waals surface area contributed by atoms with Crippen LogP contribution in [0.4, 0.5) is 0 Å². The van der Waals surface area contributed by atoms with E-state index in [1.807, 2.05) is 6.92 Å². The Bertz CT molecular complexity index is 365. The molecule has 3 unspecified atom stereocenters.